The quantitative estimate of drug-likeness (QED) is 0.582. The maximum Gasteiger partial charge on any atom is 0.167 e. The number of methoxy groups -OCH3 is 1. The molecule has 1 unspecified atom stereocenters. The molecule has 0 spiro atoms. The Hall–Kier alpha value is -1.57. The maximum absolute atomic E-state index is 12.9. The fourth-order valence-electron chi connectivity index (χ4n) is 6.08. The van der Waals surface area contributed by atoms with Gasteiger partial charge in [-0.2, -0.15) is 0 Å². The molecule has 3 atom stereocenters. The molecule has 1 aromatic carbocycles. The molecule has 1 aromatic rings. The summed E-state index contributed by atoms with van der Waals surface area (Å²) in [6.07, 6.45) is 6.46. The first-order valence-electron chi connectivity index (χ1n) is 10.1. The Morgan fingerprint density at radius 1 is 1.27 bits per heavy atom. The van der Waals surface area contributed by atoms with Crippen LogP contribution >= 0.6 is 0 Å². The second-order valence-corrected chi connectivity index (χ2v) is 9.96. The molecule has 0 amide bonds. The van der Waals surface area contributed by atoms with Gasteiger partial charge < -0.3 is 4.74 Å². The Bertz CT molecular complexity index is 795. The van der Waals surface area contributed by atoms with E-state index in [0.717, 1.165) is 17.7 Å². The van der Waals surface area contributed by atoms with E-state index < -0.39 is 0 Å². The van der Waals surface area contributed by atoms with E-state index >= 15 is 0 Å². The lowest BCUT2D eigenvalue weighted by molar-refractivity contribution is 0.0972. The zero-order chi connectivity index (χ0) is 18.9. The average molecular weight is 353 g/mol. The van der Waals surface area contributed by atoms with Crippen LogP contribution in [0.25, 0.3) is 0 Å². The number of hydrogen-bond donors (Lipinski definition) is 0. The van der Waals surface area contributed by atoms with E-state index in [1.807, 2.05) is 0 Å². The Balaban J connectivity index is 1.99. The molecule has 0 heterocycles. The molecule has 0 saturated heterocycles. The van der Waals surface area contributed by atoms with Crippen molar-refractivity contribution in [3.05, 3.63) is 40.5 Å². The van der Waals surface area contributed by atoms with Crippen LogP contribution < -0.4 is 4.74 Å². The summed E-state index contributed by atoms with van der Waals surface area (Å²) in [5.41, 5.74) is 6.73. The second-order valence-electron chi connectivity index (χ2n) is 9.96. The van der Waals surface area contributed by atoms with Crippen molar-refractivity contribution in [1.82, 2.24) is 0 Å². The van der Waals surface area contributed by atoms with Gasteiger partial charge in [-0.05, 0) is 77.5 Å². The molecule has 0 radical (unpaired) electrons. The molecular formula is C24H32O2. The van der Waals surface area contributed by atoms with Crippen molar-refractivity contribution in [2.45, 2.75) is 77.6 Å². The molecule has 0 N–H and O–H groups in total. The molecule has 1 saturated carbocycles. The minimum Gasteiger partial charge on any atom is -0.496 e. The molecule has 140 valence electrons. The number of Topliss-reactive ketones (excluding diaryl/α,β-unsaturated/α-hetero) is 1. The molecule has 3 aliphatic carbocycles. The lowest BCUT2D eigenvalue weighted by Crippen LogP contribution is -2.41. The minimum absolute atomic E-state index is 0.0783. The monoisotopic (exact) mass is 352 g/mol. The highest BCUT2D eigenvalue weighted by Gasteiger charge is 2.48. The van der Waals surface area contributed by atoms with E-state index in [4.69, 9.17) is 4.74 Å². The minimum atomic E-state index is 0.0783. The summed E-state index contributed by atoms with van der Waals surface area (Å²) in [5.74, 6) is 1.92. The SMILES string of the molecule is C=C1CCC[C@]2(C)c3cc(OC)c4c(c3CC[C@@H]12)C(C(C)(C)C)CC4=O. The summed E-state index contributed by atoms with van der Waals surface area (Å²) >= 11 is 0. The third kappa shape index (κ3) is 2.33. The fraction of sp³-hybridized carbons (Fsp3) is 0.625. The normalized spacial score (nSPS) is 30.7. The highest BCUT2D eigenvalue weighted by molar-refractivity contribution is 6.04. The van der Waals surface area contributed by atoms with E-state index in [-0.39, 0.29) is 16.6 Å². The van der Waals surface area contributed by atoms with Crippen molar-refractivity contribution in [3.63, 3.8) is 0 Å². The largest absolute Gasteiger partial charge is 0.496 e. The van der Waals surface area contributed by atoms with Crippen molar-refractivity contribution >= 4 is 5.78 Å². The number of ether oxygens (including phenoxy) is 1. The predicted molar refractivity (Wildman–Crippen MR) is 106 cm³/mol. The number of fused-ring (bicyclic) bond motifs is 5. The van der Waals surface area contributed by atoms with Gasteiger partial charge in [0.25, 0.3) is 0 Å². The summed E-state index contributed by atoms with van der Waals surface area (Å²) < 4.78 is 5.76. The van der Waals surface area contributed by atoms with E-state index in [1.165, 1.54) is 47.9 Å². The van der Waals surface area contributed by atoms with Gasteiger partial charge >= 0.3 is 0 Å². The van der Waals surface area contributed by atoms with Crippen molar-refractivity contribution in [1.29, 1.82) is 0 Å². The lowest BCUT2D eigenvalue weighted by atomic mass is 9.56. The third-order valence-corrected chi connectivity index (χ3v) is 7.48. The van der Waals surface area contributed by atoms with Gasteiger partial charge in [0.2, 0.25) is 0 Å². The Labute approximate surface area is 158 Å². The third-order valence-electron chi connectivity index (χ3n) is 7.48. The van der Waals surface area contributed by atoms with Gasteiger partial charge in [-0.15, -0.1) is 0 Å². The van der Waals surface area contributed by atoms with Gasteiger partial charge in [0, 0.05) is 6.42 Å². The molecule has 2 heteroatoms. The lowest BCUT2D eigenvalue weighted by Gasteiger charge is -2.48. The first-order valence-corrected chi connectivity index (χ1v) is 10.1. The Kier molecular flexibility index (Phi) is 3.92. The molecule has 26 heavy (non-hydrogen) atoms. The van der Waals surface area contributed by atoms with Crippen LogP contribution in [0, 0.1) is 11.3 Å². The zero-order valence-corrected chi connectivity index (χ0v) is 17.0. The van der Waals surface area contributed by atoms with Gasteiger partial charge in [-0.3, -0.25) is 4.79 Å². The molecular weight excluding hydrogens is 320 g/mol. The van der Waals surface area contributed by atoms with Crippen molar-refractivity contribution in [3.8, 4) is 5.75 Å². The molecule has 0 aromatic heterocycles. The average Bonchev–Trinajstić information content (AvgIpc) is 2.92. The summed E-state index contributed by atoms with van der Waals surface area (Å²) in [4.78, 5) is 12.9. The molecule has 0 bridgehead atoms. The van der Waals surface area contributed by atoms with Crippen LogP contribution in [0.3, 0.4) is 0 Å². The predicted octanol–water partition coefficient (Wildman–Crippen LogP) is 5.97. The van der Waals surface area contributed by atoms with Crippen molar-refractivity contribution in [2.75, 3.05) is 7.11 Å². The fourth-order valence-corrected chi connectivity index (χ4v) is 6.08. The highest BCUT2D eigenvalue weighted by Crippen LogP contribution is 2.57. The topological polar surface area (TPSA) is 26.3 Å². The highest BCUT2D eigenvalue weighted by atomic mass is 16.5. The van der Waals surface area contributed by atoms with Gasteiger partial charge in [0.1, 0.15) is 5.75 Å². The van der Waals surface area contributed by atoms with E-state index in [2.05, 4.69) is 40.3 Å². The summed E-state index contributed by atoms with van der Waals surface area (Å²) in [6, 6.07) is 2.21. The van der Waals surface area contributed by atoms with Gasteiger partial charge in [0.05, 0.1) is 12.7 Å². The van der Waals surface area contributed by atoms with Crippen LogP contribution in [0.4, 0.5) is 0 Å². The van der Waals surface area contributed by atoms with Gasteiger partial charge in [-0.25, -0.2) is 0 Å². The Morgan fingerprint density at radius 3 is 2.65 bits per heavy atom. The number of benzene rings is 1. The van der Waals surface area contributed by atoms with Crippen molar-refractivity contribution in [2.24, 2.45) is 11.3 Å². The van der Waals surface area contributed by atoms with E-state index in [9.17, 15) is 4.79 Å². The van der Waals surface area contributed by atoms with Crippen molar-refractivity contribution < 1.29 is 9.53 Å². The number of ketones is 1. The van der Waals surface area contributed by atoms with E-state index in [0.29, 0.717) is 18.3 Å². The van der Waals surface area contributed by atoms with Crippen LogP contribution in [0.2, 0.25) is 0 Å². The smallest absolute Gasteiger partial charge is 0.167 e. The molecule has 1 fully saturated rings. The van der Waals surface area contributed by atoms with Gasteiger partial charge in [0.15, 0.2) is 5.78 Å². The first-order chi connectivity index (χ1) is 12.2. The number of carbonyl (C=O) groups excluding carboxylic acids is 1. The summed E-state index contributed by atoms with van der Waals surface area (Å²) in [5, 5.41) is 0. The molecule has 3 aliphatic rings. The molecule has 2 nitrogen and oxygen atoms in total. The van der Waals surface area contributed by atoms with Gasteiger partial charge in [-0.1, -0.05) is 39.8 Å². The number of allylic oxidation sites excluding steroid dienone is 1. The number of carbonyl (C=O) groups is 1. The summed E-state index contributed by atoms with van der Waals surface area (Å²) in [6.45, 7) is 13.6. The number of rotatable bonds is 1. The van der Waals surface area contributed by atoms with Crippen LogP contribution in [-0.4, -0.2) is 12.9 Å². The number of hydrogen-bond acceptors (Lipinski definition) is 2. The Morgan fingerprint density at radius 2 is 2.00 bits per heavy atom. The van der Waals surface area contributed by atoms with E-state index in [1.54, 1.807) is 7.11 Å². The van der Waals surface area contributed by atoms with Crippen LogP contribution in [0.5, 0.6) is 5.75 Å². The maximum atomic E-state index is 12.9. The summed E-state index contributed by atoms with van der Waals surface area (Å²) in [7, 11) is 1.71. The van der Waals surface area contributed by atoms with Crippen LogP contribution in [0.1, 0.15) is 92.8 Å². The first kappa shape index (κ1) is 17.8. The molecule has 4 rings (SSSR count). The van der Waals surface area contributed by atoms with Crippen LogP contribution in [-0.2, 0) is 11.8 Å². The van der Waals surface area contributed by atoms with Crippen LogP contribution in [0.15, 0.2) is 18.2 Å². The molecule has 0 aliphatic heterocycles. The standard InChI is InChI=1S/C24H32O2/c1-14-8-7-11-24(5)16(14)10-9-15-17(24)13-20(26-6)22-19(25)12-18(21(15)22)23(2,3)4/h13,16,18H,1,7-12H2,2-6H3/t16-,18?,24-/m0/s1. The second kappa shape index (κ2) is 5.71. The zero-order valence-electron chi connectivity index (χ0n) is 17.0.